The number of carbonyl (C=O) groups excluding carboxylic acids is 1. The molecule has 0 unspecified atom stereocenters. The molecule has 1 amide bonds. The molecule has 4 N–H and O–H groups in total. The lowest BCUT2D eigenvalue weighted by molar-refractivity contribution is -0.203. The Morgan fingerprint density at radius 1 is 1.23 bits per heavy atom. The van der Waals surface area contributed by atoms with Gasteiger partial charge in [-0.3, -0.25) is 4.79 Å². The molecule has 160 valence electrons. The first-order valence-corrected chi connectivity index (χ1v) is 11.2. The minimum Gasteiger partial charge on any atom is -0.506 e. The number of anilines is 1. The quantitative estimate of drug-likeness (QED) is 0.636. The monoisotopic (exact) mass is 435 g/mol. The molecule has 4 fully saturated rings. The number of fused-ring (bicyclic) bond motifs is 1. The first kappa shape index (κ1) is 19.4. The first-order chi connectivity index (χ1) is 14.2. The van der Waals surface area contributed by atoms with Gasteiger partial charge in [0.2, 0.25) is 0 Å². The molecular weight excluding hydrogens is 413 g/mol. The van der Waals surface area contributed by atoms with Crippen molar-refractivity contribution in [3.63, 3.8) is 0 Å². The van der Waals surface area contributed by atoms with Gasteiger partial charge in [-0.2, -0.15) is 8.42 Å². The average Bonchev–Trinajstić information content (AvgIpc) is 2.88. The Bertz CT molecular complexity index is 1160. The summed E-state index contributed by atoms with van der Waals surface area (Å²) in [6.07, 6.45) is 4.35. The normalized spacial score (nSPS) is 28.7. The van der Waals surface area contributed by atoms with Crippen LogP contribution in [0.15, 0.2) is 24.3 Å². The molecule has 0 atom stereocenters. The van der Waals surface area contributed by atoms with Crippen molar-refractivity contribution in [3.8, 4) is 11.5 Å². The summed E-state index contributed by atoms with van der Waals surface area (Å²) in [5.41, 5.74) is 5.93. The summed E-state index contributed by atoms with van der Waals surface area (Å²) in [5.74, 6) is -1.83. The van der Waals surface area contributed by atoms with E-state index < -0.39 is 39.9 Å². The zero-order chi connectivity index (χ0) is 21.3. The van der Waals surface area contributed by atoms with E-state index in [2.05, 4.69) is 0 Å². The zero-order valence-electron chi connectivity index (χ0n) is 16.2. The van der Waals surface area contributed by atoms with Gasteiger partial charge >= 0.3 is 10.2 Å². The van der Waals surface area contributed by atoms with Crippen LogP contribution in [-0.2, 0) is 15.0 Å². The van der Waals surface area contributed by atoms with Gasteiger partial charge < -0.3 is 15.6 Å². The molecule has 3 saturated carbocycles. The van der Waals surface area contributed by atoms with Gasteiger partial charge in [-0.15, -0.1) is 0 Å². The van der Waals surface area contributed by atoms with Gasteiger partial charge in [0.05, 0.1) is 6.61 Å². The highest BCUT2D eigenvalue weighted by Gasteiger charge is 2.66. The van der Waals surface area contributed by atoms with Crippen molar-refractivity contribution >= 4 is 32.6 Å². The fourth-order valence-electron chi connectivity index (χ4n) is 5.38. The van der Waals surface area contributed by atoms with Gasteiger partial charge in [0, 0.05) is 5.39 Å². The molecule has 1 heterocycles. The molecule has 0 spiro atoms. The van der Waals surface area contributed by atoms with Crippen molar-refractivity contribution < 1.29 is 27.4 Å². The lowest BCUT2D eigenvalue weighted by Gasteiger charge is -2.71. The van der Waals surface area contributed by atoms with E-state index in [1.54, 1.807) is 16.9 Å². The molecule has 2 aromatic carbocycles. The molecule has 1 saturated heterocycles. The number of carbonyl (C=O) groups is 1. The maximum absolute atomic E-state index is 15.2. The maximum Gasteiger partial charge on any atom is 0.326 e. The van der Waals surface area contributed by atoms with Crippen molar-refractivity contribution in [2.24, 2.45) is 16.6 Å². The molecule has 0 aromatic heterocycles. The second-order valence-corrected chi connectivity index (χ2v) is 10.4. The van der Waals surface area contributed by atoms with Gasteiger partial charge in [-0.05, 0) is 66.6 Å². The summed E-state index contributed by atoms with van der Waals surface area (Å²) in [6, 6.07) is 6.03. The molecule has 6 rings (SSSR count). The number of halogens is 1. The number of phenolic OH excluding ortho intramolecular Hbond substituents is 1. The molecule has 3 aliphatic carbocycles. The van der Waals surface area contributed by atoms with E-state index in [0.29, 0.717) is 32.9 Å². The number of nitrogens with two attached hydrogens (primary N) is 1. The van der Waals surface area contributed by atoms with Gasteiger partial charge in [-0.25, -0.2) is 13.4 Å². The van der Waals surface area contributed by atoms with E-state index in [4.69, 9.17) is 10.5 Å². The molecule has 30 heavy (non-hydrogen) atoms. The van der Waals surface area contributed by atoms with E-state index >= 15 is 4.39 Å². The second-order valence-electron chi connectivity index (χ2n) is 8.81. The largest absolute Gasteiger partial charge is 0.506 e. The summed E-state index contributed by atoms with van der Waals surface area (Å²) < 4.78 is 47.5. The van der Waals surface area contributed by atoms with Crippen molar-refractivity contribution in [2.45, 2.75) is 25.7 Å². The highest BCUT2D eigenvalue weighted by Crippen LogP contribution is 2.74. The van der Waals surface area contributed by atoms with Crippen molar-refractivity contribution in [1.29, 1.82) is 0 Å². The molecule has 2 aromatic rings. The molecular formula is C20H22FN3O5S. The van der Waals surface area contributed by atoms with Crippen molar-refractivity contribution in [2.75, 3.05) is 24.0 Å². The SMILES string of the molecule is NCC12CC(CCOc3ccc4cc(O)c(N5CC(=O)NS5(=O)=O)c(F)c4c3)(C1)C2. The molecule has 8 nitrogen and oxygen atoms in total. The summed E-state index contributed by atoms with van der Waals surface area (Å²) in [6.45, 7) is 0.640. The van der Waals surface area contributed by atoms with E-state index in [1.165, 1.54) is 12.1 Å². The highest BCUT2D eigenvalue weighted by molar-refractivity contribution is 7.92. The first-order valence-electron chi connectivity index (χ1n) is 9.77. The smallest absolute Gasteiger partial charge is 0.326 e. The molecule has 2 bridgehead atoms. The van der Waals surface area contributed by atoms with Crippen LogP contribution >= 0.6 is 0 Å². The van der Waals surface area contributed by atoms with Gasteiger partial charge in [0.1, 0.15) is 23.7 Å². The summed E-state index contributed by atoms with van der Waals surface area (Å²) in [7, 11) is -4.25. The summed E-state index contributed by atoms with van der Waals surface area (Å²) >= 11 is 0. The van der Waals surface area contributed by atoms with Gasteiger partial charge in [0.25, 0.3) is 5.91 Å². The minimum atomic E-state index is -4.25. The Labute approximate surface area is 173 Å². The van der Waals surface area contributed by atoms with E-state index in [1.807, 2.05) is 0 Å². The fraction of sp³-hybridized carbons (Fsp3) is 0.450. The van der Waals surface area contributed by atoms with Crippen molar-refractivity contribution in [3.05, 3.63) is 30.1 Å². The van der Waals surface area contributed by atoms with Crippen LogP contribution < -0.4 is 19.5 Å². The van der Waals surface area contributed by atoms with Gasteiger partial charge in [0.15, 0.2) is 5.82 Å². The van der Waals surface area contributed by atoms with Crippen LogP contribution in [0.5, 0.6) is 11.5 Å². The van der Waals surface area contributed by atoms with Crippen molar-refractivity contribution in [1.82, 2.24) is 4.72 Å². The number of benzene rings is 2. The third kappa shape index (κ3) is 2.81. The van der Waals surface area contributed by atoms with Crippen LogP contribution in [0.25, 0.3) is 10.8 Å². The number of ether oxygens (including phenoxy) is 1. The van der Waals surface area contributed by atoms with E-state index in [-0.39, 0.29) is 5.39 Å². The highest BCUT2D eigenvalue weighted by atomic mass is 32.2. The second kappa shape index (κ2) is 6.21. The number of hydrogen-bond donors (Lipinski definition) is 3. The van der Waals surface area contributed by atoms with Crippen LogP contribution in [0.1, 0.15) is 25.7 Å². The summed E-state index contributed by atoms with van der Waals surface area (Å²) in [5, 5.41) is 10.7. The predicted molar refractivity (Wildman–Crippen MR) is 108 cm³/mol. The Hall–Kier alpha value is -2.59. The molecule has 10 heteroatoms. The number of phenols is 1. The minimum absolute atomic E-state index is 0.0995. The lowest BCUT2D eigenvalue weighted by atomic mass is 9.34. The standard InChI is InChI=1S/C20H22FN3O5S/c21-17-14-6-13(29-4-3-19-8-20(9-19,10-19)11-22)2-1-12(14)5-15(25)18(17)24-7-16(26)23-30(24,27)28/h1-2,5-6,25H,3-4,7-11,22H2,(H,23,26). The van der Waals surface area contributed by atoms with Crippen LogP contribution in [0.3, 0.4) is 0 Å². The van der Waals surface area contributed by atoms with E-state index in [0.717, 1.165) is 32.2 Å². The zero-order valence-corrected chi connectivity index (χ0v) is 17.0. The predicted octanol–water partition coefficient (Wildman–Crippen LogP) is 1.76. The Kier molecular flexibility index (Phi) is 4.01. The third-order valence-electron chi connectivity index (χ3n) is 6.66. The topological polar surface area (TPSA) is 122 Å². The molecule has 0 radical (unpaired) electrons. The average molecular weight is 435 g/mol. The molecule has 1 aliphatic heterocycles. The number of rotatable bonds is 6. The number of amides is 1. The Morgan fingerprint density at radius 3 is 2.60 bits per heavy atom. The lowest BCUT2D eigenvalue weighted by Crippen LogP contribution is -2.64. The number of hydrogen-bond acceptors (Lipinski definition) is 6. The maximum atomic E-state index is 15.2. The number of nitrogens with zero attached hydrogens (tertiary/aromatic N) is 1. The number of nitrogens with one attached hydrogen (secondary N) is 1. The molecule has 4 aliphatic rings. The summed E-state index contributed by atoms with van der Waals surface area (Å²) in [4.78, 5) is 11.5. The Morgan fingerprint density at radius 2 is 1.97 bits per heavy atom. The third-order valence-corrected chi connectivity index (χ3v) is 8.04. The van der Waals surface area contributed by atoms with Gasteiger partial charge in [-0.1, -0.05) is 6.07 Å². The van der Waals surface area contributed by atoms with Crippen LogP contribution in [0.2, 0.25) is 0 Å². The van der Waals surface area contributed by atoms with Crippen LogP contribution in [0.4, 0.5) is 10.1 Å². The number of aromatic hydroxyl groups is 1. The van der Waals surface area contributed by atoms with E-state index in [9.17, 15) is 18.3 Å². The van der Waals surface area contributed by atoms with Crippen LogP contribution in [-0.4, -0.2) is 39.1 Å². The van der Waals surface area contributed by atoms with Crippen LogP contribution in [0, 0.1) is 16.6 Å². The fourth-order valence-corrected chi connectivity index (χ4v) is 6.54. The Balaban J connectivity index is 1.38.